The van der Waals surface area contributed by atoms with Crippen molar-refractivity contribution in [1.29, 1.82) is 0 Å². The van der Waals surface area contributed by atoms with E-state index in [1.165, 1.54) is 7.11 Å². The molecule has 2 N–H and O–H groups in total. The molecular formula is C22H18Cl3N5O2. The van der Waals surface area contributed by atoms with Gasteiger partial charge in [-0.05, 0) is 36.8 Å². The van der Waals surface area contributed by atoms with Crippen LogP contribution in [0.2, 0.25) is 15.1 Å². The summed E-state index contributed by atoms with van der Waals surface area (Å²) in [4.78, 5) is 21.7. The number of fused-ring (bicyclic) bond motifs is 1. The molecule has 0 saturated carbocycles. The number of anilines is 3. The van der Waals surface area contributed by atoms with Crippen LogP contribution < -0.4 is 15.4 Å². The number of halogens is 3. The summed E-state index contributed by atoms with van der Waals surface area (Å²) in [5.41, 5.74) is 3.00. The van der Waals surface area contributed by atoms with Gasteiger partial charge in [-0.1, -0.05) is 40.9 Å². The molecule has 0 atom stereocenters. The van der Waals surface area contributed by atoms with Crippen molar-refractivity contribution in [3.8, 4) is 5.75 Å². The van der Waals surface area contributed by atoms with E-state index in [-0.39, 0.29) is 0 Å². The summed E-state index contributed by atoms with van der Waals surface area (Å²) in [7, 11) is 3.33. The van der Waals surface area contributed by atoms with Crippen molar-refractivity contribution in [2.24, 2.45) is 7.05 Å². The Bertz CT molecular complexity index is 1330. The summed E-state index contributed by atoms with van der Waals surface area (Å²) < 4.78 is 7.28. The van der Waals surface area contributed by atoms with E-state index in [4.69, 9.17) is 39.5 Å². The maximum Gasteiger partial charge on any atom is 0.260 e. The average molecular weight is 491 g/mol. The number of para-hydroxylation sites is 1. The molecule has 0 fully saturated rings. The molecule has 164 valence electrons. The molecule has 7 nitrogen and oxygen atoms in total. The molecule has 2 heterocycles. The maximum absolute atomic E-state index is 12.9. The number of carbonyl (C=O) groups is 1. The molecule has 10 heteroatoms. The molecule has 4 rings (SSSR count). The number of ether oxygens (including phenoxy) is 1. The Morgan fingerprint density at radius 2 is 1.81 bits per heavy atom. The first-order valence-electron chi connectivity index (χ1n) is 9.47. The number of rotatable bonds is 5. The summed E-state index contributed by atoms with van der Waals surface area (Å²) in [6.45, 7) is 1.83. The number of nitrogens with one attached hydrogen (secondary N) is 2. The standard InChI is InChI=1S/C22H18Cl3N5O2/c1-11-10-26-19(8-15(11)25)28-21(31)12-7-16-17(9-18(12)32-3)30(2)22(27-16)29-20-13(23)5-4-6-14(20)24/h4-10H,1-3H3,(H,27,29)(H,26,28,31). The first-order valence-corrected chi connectivity index (χ1v) is 10.6. The van der Waals surface area contributed by atoms with Crippen molar-refractivity contribution in [2.75, 3.05) is 17.7 Å². The normalized spacial score (nSPS) is 10.9. The molecule has 0 unspecified atom stereocenters. The zero-order valence-corrected chi connectivity index (χ0v) is 19.6. The Labute approximate surface area is 199 Å². The van der Waals surface area contributed by atoms with Gasteiger partial charge in [0, 0.05) is 24.3 Å². The molecule has 0 aliphatic carbocycles. The fraction of sp³-hybridized carbons (Fsp3) is 0.136. The van der Waals surface area contributed by atoms with Gasteiger partial charge in [0.15, 0.2) is 0 Å². The van der Waals surface area contributed by atoms with Crippen LogP contribution in [0.1, 0.15) is 15.9 Å². The molecule has 4 aromatic rings. The lowest BCUT2D eigenvalue weighted by molar-refractivity contribution is 0.102. The number of methoxy groups -OCH3 is 1. The van der Waals surface area contributed by atoms with E-state index in [0.29, 0.717) is 49.4 Å². The number of aromatic nitrogens is 3. The monoisotopic (exact) mass is 489 g/mol. The van der Waals surface area contributed by atoms with Crippen LogP contribution in [-0.4, -0.2) is 27.6 Å². The Hall–Kier alpha value is -3.00. The molecule has 2 aromatic carbocycles. The van der Waals surface area contributed by atoms with Crippen LogP contribution in [0.15, 0.2) is 42.6 Å². The molecule has 0 saturated heterocycles. The summed E-state index contributed by atoms with van der Waals surface area (Å²) in [5, 5.41) is 7.34. The van der Waals surface area contributed by atoms with E-state index in [2.05, 4.69) is 20.6 Å². The number of imidazole rings is 1. The van der Waals surface area contributed by atoms with E-state index in [0.717, 1.165) is 11.1 Å². The van der Waals surface area contributed by atoms with Gasteiger partial charge in [-0.25, -0.2) is 9.97 Å². The number of pyridine rings is 1. The number of aryl methyl sites for hydroxylation is 2. The van der Waals surface area contributed by atoms with Crippen LogP contribution >= 0.6 is 34.8 Å². The van der Waals surface area contributed by atoms with Gasteiger partial charge in [-0.3, -0.25) is 4.79 Å². The molecule has 0 spiro atoms. The first kappa shape index (κ1) is 22.2. The number of nitrogens with zero attached hydrogens (tertiary/aromatic N) is 3. The first-order chi connectivity index (χ1) is 15.3. The van der Waals surface area contributed by atoms with Crippen LogP contribution in [0.4, 0.5) is 17.5 Å². The van der Waals surface area contributed by atoms with Crippen molar-refractivity contribution < 1.29 is 9.53 Å². The zero-order chi connectivity index (χ0) is 23.0. The molecule has 2 aromatic heterocycles. The zero-order valence-electron chi connectivity index (χ0n) is 17.3. The van der Waals surface area contributed by atoms with Crippen LogP contribution in [-0.2, 0) is 7.05 Å². The smallest absolute Gasteiger partial charge is 0.260 e. The molecule has 1 amide bonds. The highest BCUT2D eigenvalue weighted by Crippen LogP contribution is 2.34. The number of benzene rings is 2. The Balaban J connectivity index is 1.71. The van der Waals surface area contributed by atoms with Gasteiger partial charge in [0.2, 0.25) is 5.95 Å². The number of carbonyl (C=O) groups excluding carboxylic acids is 1. The van der Waals surface area contributed by atoms with Gasteiger partial charge in [-0.2, -0.15) is 0 Å². The van der Waals surface area contributed by atoms with Crippen molar-refractivity contribution in [3.63, 3.8) is 0 Å². The van der Waals surface area contributed by atoms with E-state index in [1.54, 1.807) is 42.6 Å². The van der Waals surface area contributed by atoms with Gasteiger partial charge in [-0.15, -0.1) is 0 Å². The molecule has 32 heavy (non-hydrogen) atoms. The lowest BCUT2D eigenvalue weighted by Gasteiger charge is -2.11. The third-order valence-electron chi connectivity index (χ3n) is 4.93. The molecule has 0 bridgehead atoms. The lowest BCUT2D eigenvalue weighted by Crippen LogP contribution is -2.14. The van der Waals surface area contributed by atoms with Crippen molar-refractivity contribution in [3.05, 3.63) is 68.8 Å². The third kappa shape index (κ3) is 4.19. The third-order valence-corrected chi connectivity index (χ3v) is 5.96. The summed E-state index contributed by atoms with van der Waals surface area (Å²) in [5.74, 6) is 0.829. The number of hydrogen-bond donors (Lipinski definition) is 2. The second-order valence-corrected chi connectivity index (χ2v) is 8.25. The SMILES string of the molecule is COc1cc2c(cc1C(=O)Nc1cc(Cl)c(C)cn1)nc(Nc1c(Cl)cccc1Cl)n2C. The topological polar surface area (TPSA) is 81.1 Å². The molecule has 0 radical (unpaired) electrons. The largest absolute Gasteiger partial charge is 0.496 e. The minimum atomic E-state index is -0.398. The number of amides is 1. The van der Waals surface area contributed by atoms with E-state index >= 15 is 0 Å². The highest BCUT2D eigenvalue weighted by molar-refractivity contribution is 6.39. The second kappa shape index (κ2) is 8.86. The lowest BCUT2D eigenvalue weighted by atomic mass is 10.1. The predicted octanol–water partition coefficient (Wildman–Crippen LogP) is 6.24. The van der Waals surface area contributed by atoms with Crippen LogP contribution in [0, 0.1) is 6.92 Å². The van der Waals surface area contributed by atoms with Gasteiger partial charge >= 0.3 is 0 Å². The quantitative estimate of drug-likeness (QED) is 0.346. The molecule has 0 aliphatic rings. The van der Waals surface area contributed by atoms with Gasteiger partial charge in [0.1, 0.15) is 11.6 Å². The van der Waals surface area contributed by atoms with Crippen LogP contribution in [0.3, 0.4) is 0 Å². The summed E-state index contributed by atoms with van der Waals surface area (Å²) in [6, 6.07) is 10.2. The summed E-state index contributed by atoms with van der Waals surface area (Å²) >= 11 is 18.7. The van der Waals surface area contributed by atoms with Crippen molar-refractivity contribution >= 4 is 69.2 Å². The fourth-order valence-electron chi connectivity index (χ4n) is 3.16. The fourth-order valence-corrected chi connectivity index (χ4v) is 3.80. The summed E-state index contributed by atoms with van der Waals surface area (Å²) in [6.07, 6.45) is 1.59. The van der Waals surface area contributed by atoms with Gasteiger partial charge in [0.05, 0.1) is 39.4 Å². The Morgan fingerprint density at radius 3 is 2.47 bits per heavy atom. The van der Waals surface area contributed by atoms with Gasteiger partial charge < -0.3 is 19.9 Å². The second-order valence-electron chi connectivity index (χ2n) is 7.03. The highest BCUT2D eigenvalue weighted by atomic mass is 35.5. The maximum atomic E-state index is 12.9. The minimum Gasteiger partial charge on any atom is -0.496 e. The average Bonchev–Trinajstić information content (AvgIpc) is 3.07. The van der Waals surface area contributed by atoms with Gasteiger partial charge in [0.25, 0.3) is 5.91 Å². The van der Waals surface area contributed by atoms with Crippen LogP contribution in [0.25, 0.3) is 11.0 Å². The molecular weight excluding hydrogens is 473 g/mol. The Morgan fingerprint density at radius 1 is 1.09 bits per heavy atom. The van der Waals surface area contributed by atoms with Crippen molar-refractivity contribution in [1.82, 2.24) is 14.5 Å². The predicted molar refractivity (Wildman–Crippen MR) is 129 cm³/mol. The number of hydrogen-bond acceptors (Lipinski definition) is 5. The van der Waals surface area contributed by atoms with E-state index in [9.17, 15) is 4.79 Å². The highest BCUT2D eigenvalue weighted by Gasteiger charge is 2.19. The minimum absolute atomic E-state index is 0.305. The van der Waals surface area contributed by atoms with Crippen molar-refractivity contribution in [2.45, 2.75) is 6.92 Å². The van der Waals surface area contributed by atoms with Crippen LogP contribution in [0.5, 0.6) is 5.75 Å². The Kier molecular flexibility index (Phi) is 6.15. The van der Waals surface area contributed by atoms with E-state index < -0.39 is 5.91 Å². The molecule has 0 aliphatic heterocycles. The van der Waals surface area contributed by atoms with E-state index in [1.807, 2.05) is 18.5 Å².